The molecule has 0 radical (unpaired) electrons. The van der Waals surface area contributed by atoms with Crippen LogP contribution >= 0.6 is 0 Å². The van der Waals surface area contributed by atoms with E-state index in [1.807, 2.05) is 23.1 Å². The number of benzene rings is 2. The number of methoxy groups -OCH3 is 1. The number of hydrogen-bond acceptors (Lipinski definition) is 4. The van der Waals surface area contributed by atoms with Crippen molar-refractivity contribution in [3.05, 3.63) is 59.7 Å². The molecular weight excluding hydrogens is 356 g/mol. The highest BCUT2D eigenvalue weighted by atomic mass is 16.5. The van der Waals surface area contributed by atoms with E-state index in [0.717, 1.165) is 18.5 Å². The fourth-order valence-corrected chi connectivity index (χ4v) is 3.76. The molecular formula is C22H22N2O4. The van der Waals surface area contributed by atoms with Gasteiger partial charge in [-0.15, -0.1) is 0 Å². The number of nitrogens with zero attached hydrogens (tertiary/aromatic N) is 1. The second-order valence-electron chi connectivity index (χ2n) is 7.23. The number of esters is 1. The second-order valence-corrected chi connectivity index (χ2v) is 7.23. The Bertz CT molecular complexity index is 922. The molecule has 0 spiro atoms. The Morgan fingerprint density at radius 1 is 1.04 bits per heavy atom. The molecule has 2 aromatic rings. The monoisotopic (exact) mass is 378 g/mol. The lowest BCUT2D eigenvalue weighted by Gasteiger charge is -2.29. The number of rotatable bonds is 4. The zero-order chi connectivity index (χ0) is 19.7. The van der Waals surface area contributed by atoms with Crippen LogP contribution in [0.5, 0.6) is 0 Å². The number of hydrogen-bond donors (Lipinski definition) is 1. The predicted molar refractivity (Wildman–Crippen MR) is 105 cm³/mol. The Morgan fingerprint density at radius 2 is 1.79 bits per heavy atom. The van der Waals surface area contributed by atoms with Crippen LogP contribution in [0.3, 0.4) is 0 Å². The summed E-state index contributed by atoms with van der Waals surface area (Å²) in [5.74, 6) is -1.11. The van der Waals surface area contributed by atoms with Gasteiger partial charge in [-0.25, -0.2) is 4.79 Å². The van der Waals surface area contributed by atoms with Crippen LogP contribution in [0.15, 0.2) is 48.5 Å². The molecule has 1 heterocycles. The minimum atomic E-state index is -0.424. The van der Waals surface area contributed by atoms with Crippen LogP contribution in [0.25, 0.3) is 0 Å². The summed E-state index contributed by atoms with van der Waals surface area (Å²) in [6, 6.07) is 14.5. The normalized spacial score (nSPS) is 20.1. The van der Waals surface area contributed by atoms with E-state index in [9.17, 15) is 14.4 Å². The maximum absolute atomic E-state index is 12.9. The Balaban J connectivity index is 1.38. The van der Waals surface area contributed by atoms with Gasteiger partial charge in [0.15, 0.2) is 0 Å². The number of carbonyl (C=O) groups excluding carboxylic acids is 3. The van der Waals surface area contributed by atoms with Crippen LogP contribution in [0.1, 0.15) is 28.8 Å². The van der Waals surface area contributed by atoms with E-state index in [2.05, 4.69) is 16.1 Å². The molecule has 2 aromatic carbocycles. The summed E-state index contributed by atoms with van der Waals surface area (Å²) >= 11 is 0. The first-order valence-corrected chi connectivity index (χ1v) is 9.47. The molecule has 0 aromatic heterocycles. The lowest BCUT2D eigenvalue weighted by atomic mass is 10.0. The van der Waals surface area contributed by atoms with Crippen LogP contribution in [-0.4, -0.2) is 31.4 Å². The third-order valence-corrected chi connectivity index (χ3v) is 5.39. The van der Waals surface area contributed by atoms with Crippen LogP contribution in [-0.2, 0) is 20.7 Å². The van der Waals surface area contributed by atoms with E-state index in [-0.39, 0.29) is 23.7 Å². The Morgan fingerprint density at radius 3 is 2.54 bits per heavy atom. The minimum Gasteiger partial charge on any atom is -0.465 e. The largest absolute Gasteiger partial charge is 0.465 e. The Kier molecular flexibility index (Phi) is 4.86. The lowest BCUT2D eigenvalue weighted by molar-refractivity contribution is -0.123. The molecule has 144 valence electrons. The van der Waals surface area contributed by atoms with Gasteiger partial charge >= 0.3 is 5.97 Å². The fraction of sp³-hybridized carbons (Fsp3) is 0.318. The molecule has 2 aliphatic rings. The average Bonchev–Trinajstić information content (AvgIpc) is 3.54. The molecule has 1 fully saturated rings. The number of para-hydroxylation sites is 1. The van der Waals surface area contributed by atoms with Crippen molar-refractivity contribution in [1.82, 2.24) is 0 Å². The van der Waals surface area contributed by atoms with Gasteiger partial charge < -0.3 is 15.0 Å². The van der Waals surface area contributed by atoms with E-state index < -0.39 is 5.97 Å². The van der Waals surface area contributed by atoms with Gasteiger partial charge in [-0.3, -0.25) is 9.59 Å². The first-order chi connectivity index (χ1) is 13.6. The summed E-state index contributed by atoms with van der Waals surface area (Å²) in [5, 5.41) is 2.83. The summed E-state index contributed by atoms with van der Waals surface area (Å²) in [6.45, 7) is 0.704. The zero-order valence-electron chi connectivity index (χ0n) is 15.7. The summed E-state index contributed by atoms with van der Waals surface area (Å²) in [4.78, 5) is 38.8. The highest BCUT2D eigenvalue weighted by Crippen LogP contribution is 2.42. The molecule has 1 aliphatic carbocycles. The zero-order valence-corrected chi connectivity index (χ0v) is 15.7. The van der Waals surface area contributed by atoms with Gasteiger partial charge in [0.1, 0.15) is 0 Å². The molecule has 2 amide bonds. The predicted octanol–water partition coefficient (Wildman–Crippen LogP) is 3.03. The molecule has 28 heavy (non-hydrogen) atoms. The SMILES string of the molecule is COC(=O)c1ccc(NC(=O)C2CC2C(=O)N2CCCc3ccccc32)cc1. The Hall–Kier alpha value is -3.15. The van der Waals surface area contributed by atoms with E-state index in [4.69, 9.17) is 0 Å². The van der Waals surface area contributed by atoms with Gasteiger partial charge in [0.25, 0.3) is 0 Å². The van der Waals surface area contributed by atoms with Crippen molar-refractivity contribution in [2.45, 2.75) is 19.3 Å². The number of ether oxygens (including phenoxy) is 1. The summed E-state index contributed by atoms with van der Waals surface area (Å²) in [7, 11) is 1.32. The van der Waals surface area contributed by atoms with E-state index in [1.165, 1.54) is 12.7 Å². The lowest BCUT2D eigenvalue weighted by Crippen LogP contribution is -2.37. The number of anilines is 2. The number of nitrogens with one attached hydrogen (secondary N) is 1. The third kappa shape index (κ3) is 3.50. The van der Waals surface area contributed by atoms with Crippen LogP contribution in [0, 0.1) is 11.8 Å². The third-order valence-electron chi connectivity index (χ3n) is 5.39. The van der Waals surface area contributed by atoms with Crippen molar-refractivity contribution < 1.29 is 19.1 Å². The highest BCUT2D eigenvalue weighted by molar-refractivity contribution is 6.04. The number of fused-ring (bicyclic) bond motifs is 1. The molecule has 0 bridgehead atoms. The first kappa shape index (κ1) is 18.2. The van der Waals surface area contributed by atoms with Crippen molar-refractivity contribution >= 4 is 29.2 Å². The second kappa shape index (κ2) is 7.46. The minimum absolute atomic E-state index is 0.0355. The first-order valence-electron chi connectivity index (χ1n) is 9.47. The Labute approximate surface area is 163 Å². The van der Waals surface area contributed by atoms with Gasteiger partial charge in [-0.1, -0.05) is 18.2 Å². The smallest absolute Gasteiger partial charge is 0.337 e. The highest BCUT2D eigenvalue weighted by Gasteiger charge is 2.50. The molecule has 1 N–H and O–H groups in total. The summed E-state index contributed by atoms with van der Waals surface area (Å²) in [6.07, 6.45) is 2.50. The van der Waals surface area contributed by atoms with Crippen molar-refractivity contribution in [2.24, 2.45) is 11.8 Å². The van der Waals surface area contributed by atoms with Crippen LogP contribution in [0.4, 0.5) is 11.4 Å². The van der Waals surface area contributed by atoms with E-state index in [0.29, 0.717) is 24.2 Å². The van der Waals surface area contributed by atoms with Crippen molar-refractivity contribution in [3.63, 3.8) is 0 Å². The maximum Gasteiger partial charge on any atom is 0.337 e. The van der Waals surface area contributed by atoms with Gasteiger partial charge in [-0.2, -0.15) is 0 Å². The maximum atomic E-state index is 12.9. The van der Waals surface area contributed by atoms with Gasteiger partial charge in [0, 0.05) is 17.9 Å². The molecule has 4 rings (SSSR count). The molecule has 1 aliphatic heterocycles. The van der Waals surface area contributed by atoms with E-state index in [1.54, 1.807) is 24.3 Å². The van der Waals surface area contributed by atoms with Crippen molar-refractivity contribution in [1.29, 1.82) is 0 Å². The van der Waals surface area contributed by atoms with Crippen LogP contribution in [0.2, 0.25) is 0 Å². The standard InChI is InChI=1S/C22H22N2O4/c1-28-22(27)15-8-10-16(11-9-15)23-20(25)17-13-18(17)21(26)24-12-4-6-14-5-2-3-7-19(14)24/h2-3,5,7-11,17-18H,4,6,12-13H2,1H3,(H,23,25). The van der Waals surface area contributed by atoms with E-state index >= 15 is 0 Å². The van der Waals surface area contributed by atoms with Gasteiger partial charge in [-0.05, 0) is 55.2 Å². The fourth-order valence-electron chi connectivity index (χ4n) is 3.76. The average molecular weight is 378 g/mol. The number of amides is 2. The number of carbonyl (C=O) groups is 3. The van der Waals surface area contributed by atoms with Crippen molar-refractivity contribution in [2.75, 3.05) is 23.9 Å². The van der Waals surface area contributed by atoms with Crippen LogP contribution < -0.4 is 10.2 Å². The topological polar surface area (TPSA) is 75.7 Å². The van der Waals surface area contributed by atoms with Gasteiger partial charge in [0.05, 0.1) is 24.5 Å². The number of aryl methyl sites for hydroxylation is 1. The molecule has 2 unspecified atom stereocenters. The quantitative estimate of drug-likeness (QED) is 0.830. The molecule has 1 saturated carbocycles. The van der Waals surface area contributed by atoms with Gasteiger partial charge in [0.2, 0.25) is 11.8 Å². The summed E-state index contributed by atoms with van der Waals surface area (Å²) < 4.78 is 4.66. The van der Waals surface area contributed by atoms with Crippen molar-refractivity contribution in [3.8, 4) is 0 Å². The molecule has 2 atom stereocenters. The molecule has 0 saturated heterocycles. The molecule has 6 nitrogen and oxygen atoms in total. The summed E-state index contributed by atoms with van der Waals surface area (Å²) in [5.41, 5.74) is 3.18. The molecule has 6 heteroatoms.